The van der Waals surface area contributed by atoms with Crippen LogP contribution in [0.1, 0.15) is 25.2 Å². The third kappa shape index (κ3) is 2.86. The van der Waals surface area contributed by atoms with Crippen molar-refractivity contribution < 1.29 is 4.39 Å². The van der Waals surface area contributed by atoms with Crippen molar-refractivity contribution in [1.29, 1.82) is 0 Å². The molecule has 0 saturated carbocycles. The molecule has 2 aromatic rings. The van der Waals surface area contributed by atoms with Crippen LogP contribution in [0.5, 0.6) is 0 Å². The first-order chi connectivity index (χ1) is 8.95. The van der Waals surface area contributed by atoms with E-state index in [1.807, 2.05) is 20.9 Å². The molecule has 1 N–H and O–H groups in total. The minimum Gasteiger partial charge on any atom is -0.372 e. The lowest BCUT2D eigenvalue weighted by Crippen LogP contribution is -2.23. The highest BCUT2D eigenvalue weighted by Crippen LogP contribution is 2.30. The third-order valence-corrected chi connectivity index (χ3v) is 3.90. The van der Waals surface area contributed by atoms with Crippen molar-refractivity contribution in [2.45, 2.75) is 19.3 Å². The molecule has 1 aromatic carbocycles. The fourth-order valence-corrected chi connectivity index (χ4v) is 2.37. The molecule has 0 amide bonds. The van der Waals surface area contributed by atoms with Crippen LogP contribution in [-0.2, 0) is 5.41 Å². The fourth-order valence-electron chi connectivity index (χ4n) is 1.84. The number of anilines is 1. The number of halogens is 2. The van der Waals surface area contributed by atoms with E-state index in [1.54, 1.807) is 18.3 Å². The SMILES string of the molecule is CNc1nc(C(C)(C)c2ccc(F)cc2)ncc1I. The summed E-state index contributed by atoms with van der Waals surface area (Å²) in [4.78, 5) is 8.94. The summed E-state index contributed by atoms with van der Waals surface area (Å²) in [5, 5.41) is 3.05. The molecule has 0 bridgehead atoms. The highest BCUT2D eigenvalue weighted by molar-refractivity contribution is 14.1. The Morgan fingerprint density at radius 2 is 1.84 bits per heavy atom. The van der Waals surface area contributed by atoms with Crippen molar-refractivity contribution in [2.24, 2.45) is 0 Å². The zero-order valence-corrected chi connectivity index (χ0v) is 13.2. The van der Waals surface area contributed by atoms with Gasteiger partial charge < -0.3 is 5.32 Å². The molecule has 2 rings (SSSR count). The van der Waals surface area contributed by atoms with Gasteiger partial charge in [0.2, 0.25) is 0 Å². The van der Waals surface area contributed by atoms with E-state index >= 15 is 0 Å². The lowest BCUT2D eigenvalue weighted by Gasteiger charge is -2.24. The topological polar surface area (TPSA) is 37.8 Å². The van der Waals surface area contributed by atoms with Gasteiger partial charge in [-0.15, -0.1) is 0 Å². The molecule has 19 heavy (non-hydrogen) atoms. The number of nitrogens with one attached hydrogen (secondary N) is 1. The first-order valence-corrected chi connectivity index (χ1v) is 7.00. The number of benzene rings is 1. The van der Waals surface area contributed by atoms with Gasteiger partial charge in [-0.1, -0.05) is 12.1 Å². The predicted octanol–water partition coefficient (Wildman–Crippen LogP) is 3.59. The van der Waals surface area contributed by atoms with Gasteiger partial charge in [0.05, 0.1) is 3.57 Å². The van der Waals surface area contributed by atoms with Crippen LogP contribution in [0.2, 0.25) is 0 Å². The molecule has 5 heteroatoms. The summed E-state index contributed by atoms with van der Waals surface area (Å²) in [5.74, 6) is 1.28. The zero-order chi connectivity index (χ0) is 14.0. The van der Waals surface area contributed by atoms with Crippen LogP contribution in [0.3, 0.4) is 0 Å². The maximum absolute atomic E-state index is 13.0. The van der Waals surface area contributed by atoms with E-state index < -0.39 is 0 Å². The van der Waals surface area contributed by atoms with Crippen LogP contribution >= 0.6 is 22.6 Å². The Hall–Kier alpha value is -1.24. The molecule has 0 aliphatic rings. The van der Waals surface area contributed by atoms with E-state index in [4.69, 9.17) is 0 Å². The normalized spacial score (nSPS) is 11.4. The average molecular weight is 371 g/mol. The van der Waals surface area contributed by atoms with Gasteiger partial charge in [-0.2, -0.15) is 0 Å². The molecule has 100 valence electrons. The van der Waals surface area contributed by atoms with Crippen LogP contribution in [0.25, 0.3) is 0 Å². The summed E-state index contributed by atoms with van der Waals surface area (Å²) < 4.78 is 14.0. The summed E-state index contributed by atoms with van der Waals surface area (Å²) in [6.07, 6.45) is 1.79. The lowest BCUT2D eigenvalue weighted by molar-refractivity contribution is 0.583. The monoisotopic (exact) mass is 371 g/mol. The summed E-state index contributed by atoms with van der Waals surface area (Å²) in [6.45, 7) is 4.06. The number of nitrogens with zero attached hydrogens (tertiary/aromatic N) is 2. The zero-order valence-electron chi connectivity index (χ0n) is 11.0. The molecule has 1 aromatic heterocycles. The second-order valence-electron chi connectivity index (χ2n) is 4.77. The van der Waals surface area contributed by atoms with Crippen molar-refractivity contribution in [3.63, 3.8) is 0 Å². The van der Waals surface area contributed by atoms with E-state index in [0.717, 1.165) is 15.0 Å². The number of hydrogen-bond acceptors (Lipinski definition) is 3. The van der Waals surface area contributed by atoms with Gasteiger partial charge in [0.1, 0.15) is 17.5 Å². The van der Waals surface area contributed by atoms with Gasteiger partial charge in [0.25, 0.3) is 0 Å². The highest BCUT2D eigenvalue weighted by Gasteiger charge is 2.27. The van der Waals surface area contributed by atoms with Crippen LogP contribution in [0.15, 0.2) is 30.5 Å². The first kappa shape index (κ1) is 14.2. The van der Waals surface area contributed by atoms with Gasteiger partial charge in [-0.3, -0.25) is 0 Å². The van der Waals surface area contributed by atoms with Crippen LogP contribution in [0, 0.1) is 9.39 Å². The fraction of sp³-hybridized carbons (Fsp3) is 0.286. The standard InChI is InChI=1S/C14H15FIN3/c1-14(2,9-4-6-10(15)7-5-9)13-18-8-11(16)12(17-3)19-13/h4-8H,1-3H3,(H,17,18,19). The van der Waals surface area contributed by atoms with Gasteiger partial charge in [-0.05, 0) is 54.1 Å². The molecule has 0 spiro atoms. The van der Waals surface area contributed by atoms with Crippen molar-refractivity contribution >= 4 is 28.4 Å². The van der Waals surface area contributed by atoms with Crippen molar-refractivity contribution in [3.05, 3.63) is 51.2 Å². The average Bonchev–Trinajstić information content (AvgIpc) is 2.39. The Bertz CT molecular complexity index is 582. The molecule has 0 aliphatic heterocycles. The van der Waals surface area contributed by atoms with Crippen molar-refractivity contribution in [3.8, 4) is 0 Å². The number of hydrogen-bond donors (Lipinski definition) is 1. The maximum Gasteiger partial charge on any atom is 0.142 e. The van der Waals surface area contributed by atoms with Crippen molar-refractivity contribution in [2.75, 3.05) is 12.4 Å². The van der Waals surface area contributed by atoms with E-state index in [9.17, 15) is 4.39 Å². The lowest BCUT2D eigenvalue weighted by atomic mass is 9.84. The minimum atomic E-state index is -0.371. The predicted molar refractivity (Wildman–Crippen MR) is 82.8 cm³/mol. The van der Waals surface area contributed by atoms with Gasteiger partial charge in [0.15, 0.2) is 0 Å². The Labute approximate surface area is 125 Å². The number of rotatable bonds is 3. The summed E-state index contributed by atoms with van der Waals surface area (Å²) in [6, 6.07) is 6.47. The van der Waals surface area contributed by atoms with Crippen molar-refractivity contribution in [1.82, 2.24) is 9.97 Å². The van der Waals surface area contributed by atoms with E-state index in [-0.39, 0.29) is 11.2 Å². The second-order valence-corrected chi connectivity index (χ2v) is 5.93. The molecule has 0 saturated heterocycles. The van der Waals surface area contributed by atoms with E-state index in [1.165, 1.54) is 12.1 Å². The quantitative estimate of drug-likeness (QED) is 0.839. The van der Waals surface area contributed by atoms with Crippen LogP contribution in [-0.4, -0.2) is 17.0 Å². The Balaban J connectivity index is 2.46. The molecular weight excluding hydrogens is 356 g/mol. The van der Waals surface area contributed by atoms with Gasteiger partial charge >= 0.3 is 0 Å². The third-order valence-electron chi connectivity index (χ3n) is 3.11. The van der Waals surface area contributed by atoms with Crippen LogP contribution < -0.4 is 5.32 Å². The van der Waals surface area contributed by atoms with Crippen LogP contribution in [0.4, 0.5) is 10.2 Å². The molecule has 0 atom stereocenters. The molecule has 3 nitrogen and oxygen atoms in total. The molecule has 0 aliphatic carbocycles. The summed E-state index contributed by atoms with van der Waals surface area (Å²) in [7, 11) is 1.83. The van der Waals surface area contributed by atoms with E-state index in [0.29, 0.717) is 5.82 Å². The Morgan fingerprint density at radius 3 is 2.42 bits per heavy atom. The molecular formula is C14H15FIN3. The largest absolute Gasteiger partial charge is 0.372 e. The molecule has 1 heterocycles. The van der Waals surface area contributed by atoms with Gasteiger partial charge in [0, 0.05) is 18.7 Å². The summed E-state index contributed by atoms with van der Waals surface area (Å²) >= 11 is 2.19. The maximum atomic E-state index is 13.0. The Morgan fingerprint density at radius 1 is 1.21 bits per heavy atom. The molecule has 0 fully saturated rings. The smallest absolute Gasteiger partial charge is 0.142 e. The number of aromatic nitrogens is 2. The van der Waals surface area contributed by atoms with Gasteiger partial charge in [-0.25, -0.2) is 14.4 Å². The molecule has 0 unspecified atom stereocenters. The highest BCUT2D eigenvalue weighted by atomic mass is 127. The minimum absolute atomic E-state index is 0.237. The Kier molecular flexibility index (Phi) is 4.03. The molecule has 0 radical (unpaired) electrons. The van der Waals surface area contributed by atoms with E-state index in [2.05, 4.69) is 37.9 Å². The first-order valence-electron chi connectivity index (χ1n) is 5.92. The summed E-state index contributed by atoms with van der Waals surface area (Å²) in [5.41, 5.74) is 0.612. The second kappa shape index (κ2) is 5.40.